The van der Waals surface area contributed by atoms with Crippen molar-refractivity contribution in [2.75, 3.05) is 11.9 Å². The van der Waals surface area contributed by atoms with Crippen LogP contribution in [0.1, 0.15) is 41.6 Å². The van der Waals surface area contributed by atoms with Gasteiger partial charge in [0, 0.05) is 41.1 Å². The Balaban J connectivity index is 1.60. The minimum absolute atomic E-state index is 0.0301. The normalized spacial score (nSPS) is 12.5. The van der Waals surface area contributed by atoms with Crippen LogP contribution < -0.4 is 15.6 Å². The van der Waals surface area contributed by atoms with Crippen LogP contribution in [0, 0.1) is 17.0 Å². The number of halogens is 2. The van der Waals surface area contributed by atoms with Gasteiger partial charge < -0.3 is 15.0 Å². The second kappa shape index (κ2) is 8.67. The average Bonchev–Trinajstić information content (AvgIpc) is 3.22. The molecule has 0 radical (unpaired) electrons. The molecule has 8 heteroatoms. The number of nitrogens with one attached hydrogen (secondary N) is 3. The first-order valence-corrected chi connectivity index (χ1v) is 10.1. The van der Waals surface area contributed by atoms with Crippen LogP contribution in [0.15, 0.2) is 41.2 Å². The monoisotopic (exact) mass is 424 g/mol. The molecule has 0 unspecified atom stereocenters. The van der Waals surface area contributed by atoms with Gasteiger partial charge in [-0.1, -0.05) is 18.2 Å². The zero-order chi connectivity index (χ0) is 22.0. The van der Waals surface area contributed by atoms with Crippen molar-refractivity contribution in [3.05, 3.63) is 86.6 Å². The Morgan fingerprint density at radius 2 is 1.97 bits per heavy atom. The van der Waals surface area contributed by atoms with Gasteiger partial charge in [0.2, 0.25) is 0 Å². The zero-order valence-corrected chi connectivity index (χ0v) is 17.0. The predicted molar refractivity (Wildman–Crippen MR) is 114 cm³/mol. The van der Waals surface area contributed by atoms with Crippen molar-refractivity contribution in [2.24, 2.45) is 0 Å². The van der Waals surface area contributed by atoms with Gasteiger partial charge >= 0.3 is 0 Å². The lowest BCUT2D eigenvalue weighted by atomic mass is 10.1. The summed E-state index contributed by atoms with van der Waals surface area (Å²) in [5.41, 5.74) is 2.07. The lowest BCUT2D eigenvalue weighted by Crippen LogP contribution is -2.21. The van der Waals surface area contributed by atoms with Crippen molar-refractivity contribution in [1.82, 2.24) is 9.97 Å². The molecule has 0 saturated carbocycles. The highest BCUT2D eigenvalue weighted by Gasteiger charge is 2.20. The summed E-state index contributed by atoms with van der Waals surface area (Å²) in [5.74, 6) is -1.12. The van der Waals surface area contributed by atoms with Crippen molar-refractivity contribution in [3.8, 4) is 5.75 Å². The fourth-order valence-corrected chi connectivity index (χ4v) is 3.73. The van der Waals surface area contributed by atoms with Crippen molar-refractivity contribution in [1.29, 1.82) is 5.41 Å². The van der Waals surface area contributed by atoms with Gasteiger partial charge in [-0.05, 0) is 32.3 Å². The van der Waals surface area contributed by atoms with Crippen molar-refractivity contribution in [2.45, 2.75) is 32.7 Å². The van der Waals surface area contributed by atoms with Gasteiger partial charge in [-0.25, -0.2) is 13.8 Å². The van der Waals surface area contributed by atoms with E-state index in [1.165, 1.54) is 0 Å². The van der Waals surface area contributed by atoms with Crippen LogP contribution in [-0.2, 0) is 19.4 Å². The lowest BCUT2D eigenvalue weighted by molar-refractivity contribution is 0.335. The number of aryl methyl sites for hydroxylation is 1. The number of hydrogen-bond acceptors (Lipinski definition) is 5. The minimum Gasteiger partial charge on any atom is -0.494 e. The Bertz CT molecular complexity index is 1180. The molecule has 0 amide bonds. The third-order valence-corrected chi connectivity index (χ3v) is 5.26. The third-order valence-electron chi connectivity index (χ3n) is 5.26. The number of ether oxygens (including phenoxy) is 1. The number of hydrogen-bond donors (Lipinski definition) is 3. The van der Waals surface area contributed by atoms with Crippen LogP contribution in [0.3, 0.4) is 0 Å². The van der Waals surface area contributed by atoms with Gasteiger partial charge in [-0.3, -0.25) is 10.2 Å². The quantitative estimate of drug-likeness (QED) is 0.501. The van der Waals surface area contributed by atoms with E-state index in [1.807, 2.05) is 0 Å². The number of aromatic amines is 1. The summed E-state index contributed by atoms with van der Waals surface area (Å²) < 4.78 is 33.9. The Morgan fingerprint density at radius 1 is 1.23 bits per heavy atom. The fourth-order valence-electron chi connectivity index (χ4n) is 3.73. The molecular weight excluding hydrogens is 402 g/mol. The van der Waals surface area contributed by atoms with Crippen LogP contribution in [0.4, 0.5) is 14.5 Å². The van der Waals surface area contributed by atoms with E-state index in [0.29, 0.717) is 29.8 Å². The first-order chi connectivity index (χ1) is 15.0. The molecule has 0 spiro atoms. The minimum atomic E-state index is -0.715. The van der Waals surface area contributed by atoms with Gasteiger partial charge in [0.15, 0.2) is 5.82 Å². The maximum atomic E-state index is 14.4. The molecule has 160 valence electrons. The van der Waals surface area contributed by atoms with Gasteiger partial charge in [0.05, 0.1) is 12.3 Å². The summed E-state index contributed by atoms with van der Waals surface area (Å²) in [5, 5.41) is 11.6. The van der Waals surface area contributed by atoms with E-state index in [0.717, 1.165) is 30.7 Å². The molecule has 0 atom stereocenters. The molecule has 0 saturated heterocycles. The zero-order valence-electron chi connectivity index (χ0n) is 17.0. The predicted octanol–water partition coefficient (Wildman–Crippen LogP) is 3.96. The molecule has 0 fully saturated rings. The molecule has 1 aromatic heterocycles. The number of H-pyrrole nitrogens is 1. The van der Waals surface area contributed by atoms with Crippen LogP contribution in [0.25, 0.3) is 0 Å². The Kier molecular flexibility index (Phi) is 5.79. The molecule has 4 rings (SSSR count). The topological polar surface area (TPSA) is 90.9 Å². The second-order valence-corrected chi connectivity index (χ2v) is 7.27. The summed E-state index contributed by atoms with van der Waals surface area (Å²) in [6, 6.07) is 9.21. The summed E-state index contributed by atoms with van der Waals surface area (Å²) in [6.45, 7) is 1.92. The molecule has 1 aliphatic carbocycles. The van der Waals surface area contributed by atoms with E-state index in [-0.39, 0.29) is 35.0 Å². The van der Waals surface area contributed by atoms with E-state index in [9.17, 15) is 13.6 Å². The van der Waals surface area contributed by atoms with Crippen LogP contribution >= 0.6 is 0 Å². The highest BCUT2D eigenvalue weighted by atomic mass is 19.1. The van der Waals surface area contributed by atoms with E-state index in [4.69, 9.17) is 10.1 Å². The molecule has 2 aromatic carbocycles. The summed E-state index contributed by atoms with van der Waals surface area (Å²) in [6.07, 6.45) is 2.29. The van der Waals surface area contributed by atoms with E-state index in [2.05, 4.69) is 15.3 Å². The molecule has 1 aliphatic rings. The highest BCUT2D eigenvalue weighted by molar-refractivity contribution is 6.11. The van der Waals surface area contributed by atoms with Crippen LogP contribution in [-0.4, -0.2) is 22.3 Å². The number of aromatic nitrogens is 2. The molecule has 6 nitrogen and oxygen atoms in total. The molecule has 1 heterocycles. The number of para-hydroxylation sites is 1. The number of nitrogens with zero attached hydrogens (tertiary/aromatic N) is 1. The third kappa shape index (κ3) is 4.19. The summed E-state index contributed by atoms with van der Waals surface area (Å²) in [4.78, 5) is 19.5. The Labute approximate surface area is 177 Å². The van der Waals surface area contributed by atoms with Crippen molar-refractivity contribution < 1.29 is 13.5 Å². The number of rotatable bonds is 7. The van der Waals surface area contributed by atoms with Gasteiger partial charge in [-0.2, -0.15) is 0 Å². The van der Waals surface area contributed by atoms with Gasteiger partial charge in [-0.15, -0.1) is 0 Å². The number of fused-ring (bicyclic) bond motifs is 1. The fraction of sp³-hybridized carbons (Fsp3) is 0.261. The lowest BCUT2D eigenvalue weighted by Gasteiger charge is -2.14. The van der Waals surface area contributed by atoms with E-state index in [1.54, 1.807) is 31.2 Å². The molecule has 0 aliphatic heterocycles. The second-order valence-electron chi connectivity index (χ2n) is 7.27. The van der Waals surface area contributed by atoms with Gasteiger partial charge in [0.25, 0.3) is 5.56 Å². The maximum absolute atomic E-state index is 14.4. The van der Waals surface area contributed by atoms with E-state index < -0.39 is 11.6 Å². The largest absolute Gasteiger partial charge is 0.494 e. The van der Waals surface area contributed by atoms with Gasteiger partial charge in [0.1, 0.15) is 23.1 Å². The highest BCUT2D eigenvalue weighted by Crippen LogP contribution is 2.24. The summed E-state index contributed by atoms with van der Waals surface area (Å²) >= 11 is 0. The standard InChI is InChI=1S/C23H22F2N4O2/c1-2-31-13-10-17(24)16(18(25)11-13)12-27-19-8-4-3-6-14(19)21(26)22-28-20-9-5-7-15(20)23(30)29-22/h3-4,6,8,10-11,26-27H,2,5,7,9,12H2,1H3,(H,28,29,30). The number of anilines is 1. The van der Waals surface area contributed by atoms with Crippen molar-refractivity contribution in [3.63, 3.8) is 0 Å². The first kappa shape index (κ1) is 20.7. The molecule has 0 bridgehead atoms. The smallest absolute Gasteiger partial charge is 0.254 e. The molecule has 3 N–H and O–H groups in total. The maximum Gasteiger partial charge on any atom is 0.254 e. The summed E-state index contributed by atoms with van der Waals surface area (Å²) in [7, 11) is 0. The Hall–Kier alpha value is -3.55. The van der Waals surface area contributed by atoms with Crippen LogP contribution in [0.5, 0.6) is 5.75 Å². The molecular formula is C23H22F2N4O2. The first-order valence-electron chi connectivity index (χ1n) is 10.1. The molecule has 3 aromatic rings. The van der Waals surface area contributed by atoms with Crippen LogP contribution in [0.2, 0.25) is 0 Å². The average molecular weight is 424 g/mol. The SMILES string of the molecule is CCOc1cc(F)c(CNc2ccccc2C(=N)c2nc3c(c(=O)[nH]2)CCC3)c(F)c1. The molecule has 31 heavy (non-hydrogen) atoms. The Morgan fingerprint density at radius 3 is 2.71 bits per heavy atom. The number of benzene rings is 2. The van der Waals surface area contributed by atoms with E-state index >= 15 is 0 Å². The van der Waals surface area contributed by atoms with Crippen molar-refractivity contribution >= 4 is 11.4 Å².